The van der Waals surface area contributed by atoms with Crippen LogP contribution in [0.3, 0.4) is 0 Å². The number of amides is 1. The molecule has 29 heavy (non-hydrogen) atoms. The predicted molar refractivity (Wildman–Crippen MR) is 111 cm³/mol. The van der Waals surface area contributed by atoms with E-state index >= 15 is 0 Å². The lowest BCUT2D eigenvalue weighted by atomic mass is 10.2. The number of nitriles is 1. The Morgan fingerprint density at radius 3 is 2.69 bits per heavy atom. The molecule has 2 atom stereocenters. The Morgan fingerprint density at radius 1 is 1.38 bits per heavy atom. The number of sulfone groups is 1. The summed E-state index contributed by atoms with van der Waals surface area (Å²) in [5, 5.41) is 12.6. The highest BCUT2D eigenvalue weighted by Crippen LogP contribution is 2.28. The van der Waals surface area contributed by atoms with E-state index in [2.05, 4.69) is 11.4 Å². The first-order valence-corrected chi connectivity index (χ1v) is 12.0. The van der Waals surface area contributed by atoms with Crippen LogP contribution in [-0.4, -0.2) is 67.1 Å². The van der Waals surface area contributed by atoms with Crippen molar-refractivity contribution in [2.75, 3.05) is 36.5 Å². The van der Waals surface area contributed by atoms with Crippen LogP contribution in [0.2, 0.25) is 0 Å². The Kier molecular flexibility index (Phi) is 6.66. The summed E-state index contributed by atoms with van der Waals surface area (Å²) in [4.78, 5) is 14.7. The van der Waals surface area contributed by atoms with Gasteiger partial charge in [-0.2, -0.15) is 5.26 Å². The van der Waals surface area contributed by atoms with Crippen molar-refractivity contribution in [3.8, 4) is 6.07 Å². The molecule has 9 heteroatoms. The third-order valence-corrected chi connectivity index (χ3v) is 7.84. The summed E-state index contributed by atoms with van der Waals surface area (Å²) < 4.78 is 31.3. The van der Waals surface area contributed by atoms with Crippen LogP contribution in [0.5, 0.6) is 0 Å². The number of anilines is 1. The highest BCUT2D eigenvalue weighted by molar-refractivity contribution is 7.91. The van der Waals surface area contributed by atoms with E-state index in [0.717, 1.165) is 30.7 Å². The van der Waals surface area contributed by atoms with Gasteiger partial charge in [-0.25, -0.2) is 8.42 Å². The number of nitrogens with zero attached hydrogens (tertiary/aromatic N) is 3. The number of carbonyl (C=O) groups excluding carboxylic acids is 1. The van der Waals surface area contributed by atoms with Crippen LogP contribution >= 0.6 is 0 Å². The lowest BCUT2D eigenvalue weighted by Crippen LogP contribution is -2.41. The first-order valence-electron chi connectivity index (χ1n) is 10.2. The van der Waals surface area contributed by atoms with Crippen LogP contribution in [0, 0.1) is 25.2 Å². The molecular weight excluding hydrogens is 392 g/mol. The van der Waals surface area contributed by atoms with Crippen LogP contribution in [0.4, 0.5) is 5.82 Å². The van der Waals surface area contributed by atoms with Crippen LogP contribution < -0.4 is 5.32 Å². The summed E-state index contributed by atoms with van der Waals surface area (Å²) in [7, 11) is -3.01. The number of likely N-dealkylation sites (N-methyl/N-ethyl adjacent to an activating group) is 1. The quantitative estimate of drug-likeness (QED) is 0.716. The summed E-state index contributed by atoms with van der Waals surface area (Å²) in [5.41, 5.74) is 2.27. The van der Waals surface area contributed by atoms with Crippen LogP contribution in [0.25, 0.3) is 0 Å². The summed E-state index contributed by atoms with van der Waals surface area (Å²) in [6.07, 6.45) is 2.62. The number of ether oxygens (including phenoxy) is 1. The fourth-order valence-electron chi connectivity index (χ4n) is 4.27. The zero-order chi connectivity index (χ0) is 21.2. The molecule has 8 nitrogen and oxygen atoms in total. The number of carbonyl (C=O) groups is 1. The molecule has 0 aliphatic carbocycles. The van der Waals surface area contributed by atoms with E-state index in [0.29, 0.717) is 30.9 Å². The normalized spacial score (nSPS) is 23.4. The summed E-state index contributed by atoms with van der Waals surface area (Å²) in [5.74, 6) is 0.555. The number of aromatic nitrogens is 1. The minimum Gasteiger partial charge on any atom is -0.376 e. The molecular formula is C20H30N4O4S. The molecule has 1 amide bonds. The third-order valence-electron chi connectivity index (χ3n) is 6.09. The number of rotatable bonds is 7. The maximum atomic E-state index is 12.8. The molecule has 2 saturated heterocycles. The molecule has 0 saturated carbocycles. The van der Waals surface area contributed by atoms with E-state index in [1.165, 1.54) is 0 Å². The first-order chi connectivity index (χ1) is 13.8. The van der Waals surface area contributed by atoms with E-state index in [-0.39, 0.29) is 36.1 Å². The first kappa shape index (κ1) is 21.8. The van der Waals surface area contributed by atoms with E-state index in [1.807, 2.05) is 30.2 Å². The number of hydrogen-bond acceptors (Lipinski definition) is 6. The van der Waals surface area contributed by atoms with Crippen molar-refractivity contribution >= 4 is 21.6 Å². The van der Waals surface area contributed by atoms with Crippen LogP contribution in [0.1, 0.15) is 43.0 Å². The topological polar surface area (TPSA) is 104 Å². The standard InChI is InChI=1S/C20H30N4O4S/c1-4-23(16-7-9-29(26,27)13-16)12-19(25)22-20-18(10-21)14(2)15(3)24(20)11-17-6-5-8-28-17/h16-17H,4-9,11-13H2,1-3H3,(H,22,25)/t16-,17-/m1/s1. The van der Waals surface area contributed by atoms with Gasteiger partial charge in [0.05, 0.1) is 36.3 Å². The van der Waals surface area contributed by atoms with Crippen molar-refractivity contribution in [1.82, 2.24) is 9.47 Å². The Labute approximate surface area is 172 Å². The summed E-state index contributed by atoms with van der Waals surface area (Å²) >= 11 is 0. The minimum absolute atomic E-state index is 0.0820. The Bertz CT molecular complexity index is 910. The van der Waals surface area contributed by atoms with E-state index in [1.54, 1.807) is 0 Å². The van der Waals surface area contributed by atoms with Gasteiger partial charge in [-0.3, -0.25) is 9.69 Å². The van der Waals surface area contributed by atoms with Gasteiger partial charge < -0.3 is 14.6 Å². The second-order valence-electron chi connectivity index (χ2n) is 7.96. The fraction of sp³-hybridized carbons (Fsp3) is 0.700. The van der Waals surface area contributed by atoms with Gasteiger partial charge in [0.25, 0.3) is 0 Å². The van der Waals surface area contributed by atoms with Crippen molar-refractivity contribution in [3.63, 3.8) is 0 Å². The van der Waals surface area contributed by atoms with Crippen molar-refractivity contribution in [2.24, 2.45) is 0 Å². The molecule has 0 unspecified atom stereocenters. The molecule has 0 radical (unpaired) electrons. The van der Waals surface area contributed by atoms with E-state index in [9.17, 15) is 18.5 Å². The molecule has 0 spiro atoms. The Hall–Kier alpha value is -1.89. The monoisotopic (exact) mass is 422 g/mol. The molecule has 2 aliphatic heterocycles. The van der Waals surface area contributed by atoms with Gasteiger partial charge in [-0.15, -0.1) is 0 Å². The van der Waals surface area contributed by atoms with Gasteiger partial charge in [0, 0.05) is 18.3 Å². The van der Waals surface area contributed by atoms with Gasteiger partial charge in [-0.1, -0.05) is 6.92 Å². The smallest absolute Gasteiger partial charge is 0.239 e. The molecule has 1 aromatic heterocycles. The molecule has 1 aromatic rings. The largest absolute Gasteiger partial charge is 0.376 e. The molecule has 160 valence electrons. The van der Waals surface area contributed by atoms with E-state index in [4.69, 9.17) is 4.74 Å². The van der Waals surface area contributed by atoms with Gasteiger partial charge in [-0.05, 0) is 45.2 Å². The van der Waals surface area contributed by atoms with Crippen molar-refractivity contribution in [3.05, 3.63) is 16.8 Å². The summed E-state index contributed by atoms with van der Waals surface area (Å²) in [6, 6.07) is 2.09. The minimum atomic E-state index is -3.01. The molecule has 3 rings (SSSR count). The van der Waals surface area contributed by atoms with Gasteiger partial charge in [0.1, 0.15) is 11.9 Å². The van der Waals surface area contributed by atoms with Gasteiger partial charge in [0.2, 0.25) is 5.91 Å². The molecule has 1 N–H and O–H groups in total. The maximum Gasteiger partial charge on any atom is 0.239 e. The summed E-state index contributed by atoms with van der Waals surface area (Å²) in [6.45, 7) is 7.79. The number of nitrogens with one attached hydrogen (secondary N) is 1. The fourth-order valence-corrected chi connectivity index (χ4v) is 6.03. The molecule has 0 bridgehead atoms. The molecule has 2 aliphatic rings. The molecule has 0 aromatic carbocycles. The van der Waals surface area contributed by atoms with Gasteiger partial charge >= 0.3 is 0 Å². The van der Waals surface area contributed by atoms with Crippen molar-refractivity contribution in [2.45, 2.75) is 58.7 Å². The highest BCUT2D eigenvalue weighted by Gasteiger charge is 2.33. The highest BCUT2D eigenvalue weighted by atomic mass is 32.2. The lowest BCUT2D eigenvalue weighted by Gasteiger charge is -2.26. The zero-order valence-corrected chi connectivity index (χ0v) is 18.2. The van der Waals surface area contributed by atoms with Crippen molar-refractivity contribution < 1.29 is 17.9 Å². The average Bonchev–Trinajstić information content (AvgIpc) is 3.36. The third kappa shape index (κ3) is 4.82. The second kappa shape index (κ2) is 8.86. The predicted octanol–water partition coefficient (Wildman–Crippen LogP) is 1.60. The van der Waals surface area contributed by atoms with Crippen LogP contribution in [-0.2, 0) is 25.9 Å². The maximum absolute atomic E-state index is 12.8. The molecule has 3 heterocycles. The Morgan fingerprint density at radius 2 is 2.14 bits per heavy atom. The number of hydrogen-bond donors (Lipinski definition) is 1. The Balaban J connectivity index is 1.76. The lowest BCUT2D eigenvalue weighted by molar-refractivity contribution is -0.117. The van der Waals surface area contributed by atoms with Gasteiger partial charge in [0.15, 0.2) is 9.84 Å². The SMILES string of the molecule is CCN(CC(=O)Nc1c(C#N)c(C)c(C)n1C[C@H]1CCCO1)[C@@H]1CCS(=O)(=O)C1. The molecule has 2 fully saturated rings. The van der Waals surface area contributed by atoms with Crippen LogP contribution in [0.15, 0.2) is 0 Å². The second-order valence-corrected chi connectivity index (χ2v) is 10.2. The zero-order valence-electron chi connectivity index (χ0n) is 17.4. The average molecular weight is 423 g/mol. The van der Waals surface area contributed by atoms with E-state index < -0.39 is 9.84 Å². The van der Waals surface area contributed by atoms with Crippen molar-refractivity contribution in [1.29, 1.82) is 5.26 Å².